The third kappa shape index (κ3) is 2.75. The lowest BCUT2D eigenvalue weighted by molar-refractivity contribution is 0.00578. The molecular weight excluding hydrogens is 352 g/mol. The molecule has 3 aliphatic rings. The molecule has 140 valence electrons. The maximum atomic E-state index is 14.9. The highest BCUT2D eigenvalue weighted by Crippen LogP contribution is 2.45. The van der Waals surface area contributed by atoms with E-state index in [2.05, 4.69) is 0 Å². The van der Waals surface area contributed by atoms with Gasteiger partial charge in [-0.05, 0) is 46.1 Å². The molecule has 0 unspecified atom stereocenters. The molecule has 2 atom stereocenters. The Hall–Kier alpha value is -0.885. The average Bonchev–Trinajstić information content (AvgIpc) is 3.06. The van der Waals surface area contributed by atoms with E-state index in [9.17, 15) is 4.39 Å². The number of aliphatic imine (C=N–C) groups is 1. The van der Waals surface area contributed by atoms with Crippen molar-refractivity contribution in [2.45, 2.75) is 51.4 Å². The van der Waals surface area contributed by atoms with Gasteiger partial charge in [0.2, 0.25) is 0 Å². The molecule has 1 aromatic carbocycles. The zero-order valence-electron chi connectivity index (χ0n) is 16.0. The summed E-state index contributed by atoms with van der Waals surface area (Å²) in [6.45, 7) is 11.1. The van der Waals surface area contributed by atoms with Gasteiger partial charge >= 0.3 is 7.12 Å². The fraction of sp³-hybridized carbons (Fsp3) is 0.632. The predicted octanol–water partition coefficient (Wildman–Crippen LogP) is 3.13. The van der Waals surface area contributed by atoms with Gasteiger partial charge in [-0.15, -0.1) is 11.8 Å². The molecule has 0 amide bonds. The first-order chi connectivity index (χ1) is 12.1. The zero-order valence-corrected chi connectivity index (χ0v) is 16.8. The van der Waals surface area contributed by atoms with Gasteiger partial charge in [-0.25, -0.2) is 4.39 Å². The van der Waals surface area contributed by atoms with Gasteiger partial charge in [0.1, 0.15) is 11.4 Å². The second kappa shape index (κ2) is 6.06. The van der Waals surface area contributed by atoms with E-state index in [4.69, 9.17) is 19.0 Å². The first kappa shape index (κ1) is 18.5. The summed E-state index contributed by atoms with van der Waals surface area (Å²) in [5.41, 5.74) is -0.0866. The second-order valence-electron chi connectivity index (χ2n) is 8.41. The summed E-state index contributed by atoms with van der Waals surface area (Å²) < 4.78 is 32.9. The quantitative estimate of drug-likeness (QED) is 0.743. The van der Waals surface area contributed by atoms with E-state index in [0.717, 1.165) is 16.3 Å². The fourth-order valence-corrected chi connectivity index (χ4v) is 4.86. The molecule has 0 aliphatic carbocycles. The average molecular weight is 377 g/mol. The highest BCUT2D eigenvalue weighted by molar-refractivity contribution is 8.13. The lowest BCUT2D eigenvalue weighted by Crippen LogP contribution is -2.41. The first-order valence-electron chi connectivity index (χ1n) is 9.07. The molecule has 1 aromatic rings. The SMILES string of the molecule is CC1=N[C@]2(c3cc(B4OC(C)(C)C(C)(C)O4)ccc3F)COC[C@@H]2CS1. The number of halogens is 1. The zero-order chi connectivity index (χ0) is 18.7. The topological polar surface area (TPSA) is 40.0 Å². The second-order valence-corrected chi connectivity index (χ2v) is 9.62. The molecule has 4 rings (SSSR count). The Balaban J connectivity index is 1.76. The largest absolute Gasteiger partial charge is 0.494 e. The Labute approximate surface area is 159 Å². The van der Waals surface area contributed by atoms with E-state index in [1.807, 2.05) is 40.7 Å². The Morgan fingerprint density at radius 2 is 1.88 bits per heavy atom. The number of hydrogen-bond acceptors (Lipinski definition) is 5. The number of fused-ring (bicyclic) bond motifs is 1. The van der Waals surface area contributed by atoms with E-state index >= 15 is 0 Å². The van der Waals surface area contributed by atoms with Crippen molar-refractivity contribution in [1.82, 2.24) is 0 Å². The van der Waals surface area contributed by atoms with Crippen LogP contribution in [0.5, 0.6) is 0 Å². The number of thioether (sulfide) groups is 1. The van der Waals surface area contributed by atoms with Crippen LogP contribution in [0.2, 0.25) is 0 Å². The Bertz CT molecular complexity index is 753. The van der Waals surface area contributed by atoms with Crippen molar-refractivity contribution in [3.63, 3.8) is 0 Å². The van der Waals surface area contributed by atoms with Crippen LogP contribution in [0.1, 0.15) is 40.2 Å². The van der Waals surface area contributed by atoms with Gasteiger partial charge in [0.05, 0.1) is 29.5 Å². The van der Waals surface area contributed by atoms with E-state index in [1.165, 1.54) is 6.07 Å². The molecule has 0 aromatic heterocycles. The third-order valence-electron chi connectivity index (χ3n) is 6.15. The van der Waals surface area contributed by atoms with Crippen LogP contribution in [-0.2, 0) is 19.6 Å². The molecule has 3 heterocycles. The molecule has 26 heavy (non-hydrogen) atoms. The van der Waals surface area contributed by atoms with Crippen LogP contribution in [0.4, 0.5) is 4.39 Å². The van der Waals surface area contributed by atoms with Crippen LogP contribution >= 0.6 is 11.8 Å². The van der Waals surface area contributed by atoms with Gasteiger partial charge in [0.25, 0.3) is 0 Å². The molecule has 7 heteroatoms. The van der Waals surface area contributed by atoms with Gasteiger partial charge in [-0.1, -0.05) is 12.1 Å². The normalized spacial score (nSPS) is 32.5. The summed E-state index contributed by atoms with van der Waals surface area (Å²) in [4.78, 5) is 4.86. The number of benzene rings is 1. The Morgan fingerprint density at radius 1 is 1.19 bits per heavy atom. The van der Waals surface area contributed by atoms with Crippen molar-refractivity contribution in [3.05, 3.63) is 29.6 Å². The molecule has 3 aliphatic heterocycles. The highest BCUT2D eigenvalue weighted by Gasteiger charge is 2.53. The van der Waals surface area contributed by atoms with Crippen LogP contribution in [0.15, 0.2) is 23.2 Å². The summed E-state index contributed by atoms with van der Waals surface area (Å²) in [5.74, 6) is 0.832. The smallest absolute Gasteiger partial charge is 0.399 e. The maximum absolute atomic E-state index is 14.9. The van der Waals surface area contributed by atoms with E-state index in [0.29, 0.717) is 18.8 Å². The van der Waals surface area contributed by atoms with Crippen LogP contribution in [0.25, 0.3) is 0 Å². The summed E-state index contributed by atoms with van der Waals surface area (Å²) in [6, 6.07) is 5.12. The molecule has 0 spiro atoms. The van der Waals surface area contributed by atoms with E-state index in [1.54, 1.807) is 17.8 Å². The minimum absolute atomic E-state index is 0.180. The fourth-order valence-electron chi connectivity index (χ4n) is 3.81. The Morgan fingerprint density at radius 3 is 2.58 bits per heavy atom. The van der Waals surface area contributed by atoms with Crippen LogP contribution in [-0.4, -0.2) is 42.3 Å². The number of nitrogens with zero attached hydrogens (tertiary/aromatic N) is 1. The van der Waals surface area contributed by atoms with Crippen LogP contribution in [0, 0.1) is 11.7 Å². The standard InChI is InChI=1S/C19H25BFNO3S/c1-12-22-19(11-23-9-13(19)10-26-12)15-8-14(6-7-16(15)21)20-24-17(2,3)18(4,5)25-20/h6-8,13H,9-11H2,1-5H3/t13-,19-/m1/s1. The molecule has 0 saturated carbocycles. The van der Waals surface area contributed by atoms with Crippen molar-refractivity contribution in [1.29, 1.82) is 0 Å². The van der Waals surface area contributed by atoms with Crippen LogP contribution < -0.4 is 5.46 Å². The summed E-state index contributed by atoms with van der Waals surface area (Å²) in [6.07, 6.45) is 0. The van der Waals surface area contributed by atoms with Crippen molar-refractivity contribution in [3.8, 4) is 0 Å². The number of ether oxygens (including phenoxy) is 1. The minimum atomic E-state index is -0.640. The molecule has 0 bridgehead atoms. The van der Waals surface area contributed by atoms with Gasteiger partial charge in [0, 0.05) is 17.2 Å². The summed E-state index contributed by atoms with van der Waals surface area (Å²) >= 11 is 1.72. The first-order valence-corrected chi connectivity index (χ1v) is 10.1. The van der Waals surface area contributed by atoms with Crippen LogP contribution in [0.3, 0.4) is 0 Å². The van der Waals surface area contributed by atoms with Crippen molar-refractivity contribution < 1.29 is 18.4 Å². The third-order valence-corrected chi connectivity index (χ3v) is 7.23. The monoisotopic (exact) mass is 377 g/mol. The number of hydrogen-bond donors (Lipinski definition) is 0. The summed E-state index contributed by atoms with van der Waals surface area (Å²) in [5, 5.41) is 0.979. The van der Waals surface area contributed by atoms with Gasteiger partial charge < -0.3 is 14.0 Å². The molecule has 0 N–H and O–H groups in total. The van der Waals surface area contributed by atoms with Crippen molar-refractivity contribution in [2.24, 2.45) is 10.9 Å². The molecule has 4 nitrogen and oxygen atoms in total. The predicted molar refractivity (Wildman–Crippen MR) is 104 cm³/mol. The van der Waals surface area contributed by atoms with Gasteiger partial charge in [-0.3, -0.25) is 4.99 Å². The van der Waals surface area contributed by atoms with Gasteiger partial charge in [0.15, 0.2) is 0 Å². The highest BCUT2D eigenvalue weighted by atomic mass is 32.2. The molecule has 2 saturated heterocycles. The minimum Gasteiger partial charge on any atom is -0.399 e. The molecule has 0 radical (unpaired) electrons. The molecule has 2 fully saturated rings. The molecular formula is C19H25BFNO3S. The number of rotatable bonds is 2. The van der Waals surface area contributed by atoms with E-state index in [-0.39, 0.29) is 11.7 Å². The van der Waals surface area contributed by atoms with Crippen molar-refractivity contribution in [2.75, 3.05) is 19.0 Å². The lowest BCUT2D eigenvalue weighted by Gasteiger charge is -2.34. The van der Waals surface area contributed by atoms with Gasteiger partial charge in [-0.2, -0.15) is 0 Å². The van der Waals surface area contributed by atoms with E-state index < -0.39 is 23.9 Å². The Kier molecular flexibility index (Phi) is 4.31. The summed E-state index contributed by atoms with van der Waals surface area (Å²) in [7, 11) is -0.514. The lowest BCUT2D eigenvalue weighted by atomic mass is 9.74. The van der Waals surface area contributed by atoms with Crippen molar-refractivity contribution >= 4 is 29.4 Å². The maximum Gasteiger partial charge on any atom is 0.494 e.